The SMILES string of the molecule is CCc1cccc(NC(=S)NCCc2ccccc2)c1. The van der Waals surface area contributed by atoms with E-state index in [0.29, 0.717) is 5.11 Å². The van der Waals surface area contributed by atoms with Gasteiger partial charge in [-0.05, 0) is 48.3 Å². The first-order chi connectivity index (χ1) is 9.78. The molecule has 0 amide bonds. The number of benzene rings is 2. The topological polar surface area (TPSA) is 24.1 Å². The van der Waals surface area contributed by atoms with Crippen molar-refractivity contribution in [1.29, 1.82) is 0 Å². The Morgan fingerprint density at radius 2 is 1.75 bits per heavy atom. The summed E-state index contributed by atoms with van der Waals surface area (Å²) < 4.78 is 0. The molecule has 0 unspecified atom stereocenters. The van der Waals surface area contributed by atoms with Crippen LogP contribution in [0.4, 0.5) is 5.69 Å². The Kier molecular flexibility index (Phi) is 5.56. The maximum atomic E-state index is 5.31. The molecule has 0 aliphatic heterocycles. The lowest BCUT2D eigenvalue weighted by atomic mass is 10.1. The molecule has 0 fully saturated rings. The Bertz CT molecular complexity index is 552. The first-order valence-electron chi connectivity index (χ1n) is 6.95. The maximum Gasteiger partial charge on any atom is 0.170 e. The summed E-state index contributed by atoms with van der Waals surface area (Å²) in [5, 5.41) is 7.14. The Hall–Kier alpha value is -1.87. The summed E-state index contributed by atoms with van der Waals surface area (Å²) >= 11 is 5.31. The molecule has 0 saturated heterocycles. The highest BCUT2D eigenvalue weighted by Crippen LogP contribution is 2.10. The van der Waals surface area contributed by atoms with Gasteiger partial charge in [0.05, 0.1) is 0 Å². The third kappa shape index (κ3) is 4.67. The van der Waals surface area contributed by atoms with Gasteiger partial charge in [-0.2, -0.15) is 0 Å². The van der Waals surface area contributed by atoms with Gasteiger partial charge >= 0.3 is 0 Å². The van der Waals surface area contributed by atoms with E-state index in [1.807, 2.05) is 18.2 Å². The lowest BCUT2D eigenvalue weighted by molar-refractivity contribution is 0.873. The van der Waals surface area contributed by atoms with Crippen molar-refractivity contribution in [2.45, 2.75) is 19.8 Å². The van der Waals surface area contributed by atoms with Gasteiger partial charge in [-0.25, -0.2) is 0 Å². The molecule has 0 spiro atoms. The Morgan fingerprint density at radius 3 is 2.50 bits per heavy atom. The van der Waals surface area contributed by atoms with Crippen molar-refractivity contribution in [3.63, 3.8) is 0 Å². The summed E-state index contributed by atoms with van der Waals surface area (Å²) in [6.07, 6.45) is 2.00. The van der Waals surface area contributed by atoms with Crippen LogP contribution in [0.2, 0.25) is 0 Å². The third-order valence-corrected chi connectivity index (χ3v) is 3.38. The second kappa shape index (κ2) is 7.65. The Labute approximate surface area is 126 Å². The van der Waals surface area contributed by atoms with E-state index in [4.69, 9.17) is 12.2 Å². The normalized spacial score (nSPS) is 10.1. The molecular weight excluding hydrogens is 264 g/mol. The van der Waals surface area contributed by atoms with Crippen LogP contribution in [0.15, 0.2) is 54.6 Å². The number of thiocarbonyl (C=S) groups is 1. The van der Waals surface area contributed by atoms with Crippen LogP contribution in [-0.4, -0.2) is 11.7 Å². The minimum atomic E-state index is 0.675. The minimum absolute atomic E-state index is 0.675. The van der Waals surface area contributed by atoms with Crippen LogP contribution in [0.1, 0.15) is 18.1 Å². The molecule has 2 aromatic carbocycles. The van der Waals surface area contributed by atoms with Crippen molar-refractivity contribution in [2.75, 3.05) is 11.9 Å². The highest BCUT2D eigenvalue weighted by Gasteiger charge is 1.98. The summed E-state index contributed by atoms with van der Waals surface area (Å²) in [4.78, 5) is 0. The van der Waals surface area contributed by atoms with Gasteiger partial charge in [0.25, 0.3) is 0 Å². The van der Waals surface area contributed by atoms with E-state index in [9.17, 15) is 0 Å². The number of anilines is 1. The van der Waals surface area contributed by atoms with Crippen molar-refractivity contribution in [3.05, 3.63) is 65.7 Å². The minimum Gasteiger partial charge on any atom is -0.362 e. The second-order valence-corrected chi connectivity index (χ2v) is 5.08. The van der Waals surface area contributed by atoms with E-state index < -0.39 is 0 Å². The van der Waals surface area contributed by atoms with Crippen molar-refractivity contribution < 1.29 is 0 Å². The molecule has 3 heteroatoms. The fraction of sp³-hybridized carbons (Fsp3) is 0.235. The zero-order valence-electron chi connectivity index (χ0n) is 11.7. The molecule has 0 aromatic heterocycles. The van der Waals surface area contributed by atoms with Crippen LogP contribution in [0, 0.1) is 0 Å². The number of hydrogen-bond acceptors (Lipinski definition) is 1. The van der Waals surface area contributed by atoms with Crippen LogP contribution < -0.4 is 10.6 Å². The molecule has 20 heavy (non-hydrogen) atoms. The van der Waals surface area contributed by atoms with Crippen LogP contribution in [0.5, 0.6) is 0 Å². The van der Waals surface area contributed by atoms with E-state index in [2.05, 4.69) is 54.0 Å². The first kappa shape index (κ1) is 14.5. The van der Waals surface area contributed by atoms with Gasteiger partial charge in [0.15, 0.2) is 5.11 Å². The molecule has 2 N–H and O–H groups in total. The average molecular weight is 284 g/mol. The molecule has 2 rings (SSSR count). The zero-order chi connectivity index (χ0) is 14.2. The number of aryl methyl sites for hydroxylation is 1. The van der Waals surface area contributed by atoms with Crippen molar-refractivity contribution in [2.24, 2.45) is 0 Å². The molecule has 0 heterocycles. The van der Waals surface area contributed by atoms with Gasteiger partial charge in [0, 0.05) is 12.2 Å². The van der Waals surface area contributed by atoms with E-state index in [1.54, 1.807) is 0 Å². The predicted octanol–water partition coefficient (Wildman–Crippen LogP) is 3.78. The van der Waals surface area contributed by atoms with E-state index >= 15 is 0 Å². The lowest BCUT2D eigenvalue weighted by Crippen LogP contribution is -2.30. The molecule has 0 bridgehead atoms. The molecule has 0 atom stereocenters. The van der Waals surface area contributed by atoms with Crippen molar-refractivity contribution in [1.82, 2.24) is 5.32 Å². The summed E-state index contributed by atoms with van der Waals surface area (Å²) in [6.45, 7) is 2.98. The first-order valence-corrected chi connectivity index (χ1v) is 7.36. The molecule has 0 aliphatic carbocycles. The van der Waals surface area contributed by atoms with Gasteiger partial charge in [0.1, 0.15) is 0 Å². The number of rotatable bonds is 5. The summed E-state index contributed by atoms with van der Waals surface area (Å²) in [5.41, 5.74) is 3.67. The second-order valence-electron chi connectivity index (χ2n) is 4.67. The molecule has 0 radical (unpaired) electrons. The molecule has 0 saturated carbocycles. The zero-order valence-corrected chi connectivity index (χ0v) is 12.5. The highest BCUT2D eigenvalue weighted by atomic mass is 32.1. The van der Waals surface area contributed by atoms with Gasteiger partial charge < -0.3 is 10.6 Å². The Balaban J connectivity index is 1.77. The molecule has 2 nitrogen and oxygen atoms in total. The predicted molar refractivity (Wildman–Crippen MR) is 90.2 cm³/mol. The van der Waals surface area contributed by atoms with Crippen LogP contribution in [0.25, 0.3) is 0 Å². The summed E-state index contributed by atoms with van der Waals surface area (Å²) in [5.74, 6) is 0. The standard InChI is InChI=1S/C17H20N2S/c1-2-14-9-6-10-16(13-14)19-17(20)18-12-11-15-7-4-3-5-8-15/h3-10,13H,2,11-12H2,1H3,(H2,18,19,20). The molecule has 0 aliphatic rings. The van der Waals surface area contributed by atoms with Gasteiger partial charge in [-0.3, -0.25) is 0 Å². The summed E-state index contributed by atoms with van der Waals surface area (Å²) in [7, 11) is 0. The molecular formula is C17H20N2S. The quantitative estimate of drug-likeness (QED) is 0.817. The monoisotopic (exact) mass is 284 g/mol. The fourth-order valence-electron chi connectivity index (χ4n) is 2.01. The fourth-order valence-corrected chi connectivity index (χ4v) is 2.23. The number of nitrogens with one attached hydrogen (secondary N) is 2. The number of hydrogen-bond donors (Lipinski definition) is 2. The van der Waals surface area contributed by atoms with E-state index in [-0.39, 0.29) is 0 Å². The van der Waals surface area contributed by atoms with Gasteiger partial charge in [0.2, 0.25) is 0 Å². The third-order valence-electron chi connectivity index (χ3n) is 3.14. The van der Waals surface area contributed by atoms with E-state index in [0.717, 1.165) is 25.1 Å². The van der Waals surface area contributed by atoms with Crippen molar-refractivity contribution in [3.8, 4) is 0 Å². The molecule has 2 aromatic rings. The van der Waals surface area contributed by atoms with Crippen LogP contribution in [-0.2, 0) is 12.8 Å². The van der Waals surface area contributed by atoms with Crippen LogP contribution in [0.3, 0.4) is 0 Å². The van der Waals surface area contributed by atoms with Crippen molar-refractivity contribution >= 4 is 23.0 Å². The maximum absolute atomic E-state index is 5.31. The lowest BCUT2D eigenvalue weighted by Gasteiger charge is -2.11. The summed E-state index contributed by atoms with van der Waals surface area (Å²) in [6, 6.07) is 18.7. The Morgan fingerprint density at radius 1 is 1.00 bits per heavy atom. The largest absolute Gasteiger partial charge is 0.362 e. The van der Waals surface area contributed by atoms with Gasteiger partial charge in [-0.15, -0.1) is 0 Å². The average Bonchev–Trinajstić information content (AvgIpc) is 2.48. The van der Waals surface area contributed by atoms with Gasteiger partial charge in [-0.1, -0.05) is 49.4 Å². The molecule has 104 valence electrons. The van der Waals surface area contributed by atoms with Crippen LogP contribution >= 0.6 is 12.2 Å². The van der Waals surface area contributed by atoms with E-state index in [1.165, 1.54) is 11.1 Å². The highest BCUT2D eigenvalue weighted by molar-refractivity contribution is 7.80. The smallest absolute Gasteiger partial charge is 0.170 e.